The van der Waals surface area contributed by atoms with Gasteiger partial charge in [-0.05, 0) is 23.8 Å². The number of benzene rings is 2. The Bertz CT molecular complexity index is 995. The Morgan fingerprint density at radius 2 is 1.81 bits per heavy atom. The van der Waals surface area contributed by atoms with Crippen molar-refractivity contribution in [3.05, 3.63) is 60.3 Å². The van der Waals surface area contributed by atoms with Crippen molar-refractivity contribution in [1.29, 1.82) is 0 Å². The predicted octanol–water partition coefficient (Wildman–Crippen LogP) is 2.93. The van der Waals surface area contributed by atoms with Crippen molar-refractivity contribution in [2.75, 3.05) is 20.3 Å². The molecule has 1 N–H and O–H groups in total. The first-order valence-electron chi connectivity index (χ1n) is 8.70. The second kappa shape index (κ2) is 8.81. The average molecular weight is 362 g/mol. The number of nitrogens with one attached hydrogen (secondary N) is 1. The van der Waals surface area contributed by atoms with Crippen molar-refractivity contribution < 1.29 is 14.3 Å². The standard InChI is InChI=1S/C22H22N2O3/c1-24-16-17(18-9-3-4-10-19(18)24)15-22(25)23-13-7-8-14-27-21-12-6-5-11-20(21)26-2/h3-6,9-12,16H,13-15H2,1-2H3,(H,23,25). The van der Waals surface area contributed by atoms with Crippen LogP contribution in [0.1, 0.15) is 5.56 Å². The molecule has 0 bridgehead atoms. The van der Waals surface area contributed by atoms with Crippen LogP contribution < -0.4 is 14.8 Å². The summed E-state index contributed by atoms with van der Waals surface area (Å²) in [5.74, 6) is 7.06. The fourth-order valence-corrected chi connectivity index (χ4v) is 2.91. The lowest BCUT2D eigenvalue weighted by Gasteiger charge is -2.07. The third-order valence-corrected chi connectivity index (χ3v) is 4.20. The highest BCUT2D eigenvalue weighted by Crippen LogP contribution is 2.25. The van der Waals surface area contributed by atoms with Crippen LogP contribution in [0.5, 0.6) is 11.5 Å². The molecule has 0 unspecified atom stereocenters. The molecular formula is C22H22N2O3. The van der Waals surface area contributed by atoms with E-state index in [2.05, 4.69) is 17.2 Å². The minimum absolute atomic E-state index is 0.0497. The van der Waals surface area contributed by atoms with Crippen molar-refractivity contribution >= 4 is 16.8 Å². The van der Waals surface area contributed by atoms with Gasteiger partial charge in [0.1, 0.15) is 6.61 Å². The predicted molar refractivity (Wildman–Crippen MR) is 106 cm³/mol. The smallest absolute Gasteiger partial charge is 0.225 e. The molecule has 0 saturated heterocycles. The number of amides is 1. The van der Waals surface area contributed by atoms with Crippen LogP contribution in [0.2, 0.25) is 0 Å². The SMILES string of the molecule is COc1ccccc1OCC#CCNC(=O)Cc1cn(C)c2ccccc12. The van der Waals surface area contributed by atoms with Crippen LogP contribution in [0.25, 0.3) is 10.9 Å². The number of fused-ring (bicyclic) bond motifs is 1. The van der Waals surface area contributed by atoms with Gasteiger partial charge in [-0.2, -0.15) is 0 Å². The molecule has 2 aromatic carbocycles. The molecule has 5 heteroatoms. The molecule has 138 valence electrons. The maximum atomic E-state index is 12.2. The summed E-state index contributed by atoms with van der Waals surface area (Å²) in [6.45, 7) is 0.526. The summed E-state index contributed by atoms with van der Waals surface area (Å²) < 4.78 is 12.8. The van der Waals surface area contributed by atoms with Gasteiger partial charge < -0.3 is 19.4 Å². The van der Waals surface area contributed by atoms with Crippen LogP contribution in [0.4, 0.5) is 0 Å². The minimum Gasteiger partial charge on any atom is -0.493 e. The van der Waals surface area contributed by atoms with E-state index in [1.807, 2.05) is 66.3 Å². The second-order valence-corrected chi connectivity index (χ2v) is 6.03. The number of carbonyl (C=O) groups excluding carboxylic acids is 1. The number of aromatic nitrogens is 1. The van der Waals surface area contributed by atoms with E-state index < -0.39 is 0 Å². The molecule has 0 aliphatic carbocycles. The van der Waals surface area contributed by atoms with Crippen LogP contribution in [0.3, 0.4) is 0 Å². The molecule has 3 rings (SSSR count). The Hall–Kier alpha value is -3.39. The van der Waals surface area contributed by atoms with E-state index in [9.17, 15) is 4.79 Å². The lowest BCUT2D eigenvalue weighted by molar-refractivity contribution is -0.120. The number of ether oxygens (including phenoxy) is 2. The van der Waals surface area contributed by atoms with Gasteiger partial charge in [-0.3, -0.25) is 4.79 Å². The van der Waals surface area contributed by atoms with Crippen LogP contribution in [-0.2, 0) is 18.3 Å². The van der Waals surface area contributed by atoms with Gasteiger partial charge in [0.15, 0.2) is 11.5 Å². The zero-order valence-corrected chi connectivity index (χ0v) is 15.5. The van der Waals surface area contributed by atoms with E-state index in [1.54, 1.807) is 7.11 Å². The molecule has 0 aliphatic rings. The van der Waals surface area contributed by atoms with Gasteiger partial charge in [0.2, 0.25) is 5.91 Å². The van der Waals surface area contributed by atoms with Crippen LogP contribution in [-0.4, -0.2) is 30.7 Å². The number of aryl methyl sites for hydroxylation is 1. The number of hydrogen-bond acceptors (Lipinski definition) is 3. The van der Waals surface area contributed by atoms with Gasteiger partial charge in [0.05, 0.1) is 20.1 Å². The summed E-state index contributed by atoms with van der Waals surface area (Å²) in [6, 6.07) is 15.5. The fraction of sp³-hybridized carbons (Fsp3) is 0.227. The molecule has 0 saturated carbocycles. The van der Waals surface area contributed by atoms with Crippen LogP contribution in [0.15, 0.2) is 54.7 Å². The van der Waals surface area contributed by atoms with Crippen LogP contribution in [0, 0.1) is 11.8 Å². The number of methoxy groups -OCH3 is 1. The first-order chi connectivity index (χ1) is 13.2. The van der Waals surface area contributed by atoms with E-state index in [4.69, 9.17) is 9.47 Å². The molecule has 5 nitrogen and oxygen atoms in total. The van der Waals surface area contributed by atoms with Crippen molar-refractivity contribution in [1.82, 2.24) is 9.88 Å². The zero-order valence-electron chi connectivity index (χ0n) is 15.5. The molecule has 0 aliphatic heterocycles. The average Bonchev–Trinajstić information content (AvgIpc) is 3.00. The monoisotopic (exact) mass is 362 g/mol. The van der Waals surface area contributed by atoms with E-state index in [1.165, 1.54) is 0 Å². The third kappa shape index (κ3) is 4.62. The lowest BCUT2D eigenvalue weighted by atomic mass is 10.1. The second-order valence-electron chi connectivity index (χ2n) is 6.03. The van der Waals surface area contributed by atoms with Crippen LogP contribution >= 0.6 is 0 Å². The normalized spacial score (nSPS) is 10.1. The Balaban J connectivity index is 1.47. The highest BCUT2D eigenvalue weighted by Gasteiger charge is 2.09. The van der Waals surface area contributed by atoms with Crippen molar-refractivity contribution in [2.24, 2.45) is 7.05 Å². The van der Waals surface area contributed by atoms with Gasteiger partial charge in [-0.25, -0.2) is 0 Å². The molecule has 27 heavy (non-hydrogen) atoms. The number of nitrogens with zero attached hydrogens (tertiary/aromatic N) is 1. The molecule has 3 aromatic rings. The summed E-state index contributed by atoms with van der Waals surface area (Å²) in [5, 5.41) is 3.93. The van der Waals surface area contributed by atoms with Crippen molar-refractivity contribution in [3.8, 4) is 23.3 Å². The first-order valence-corrected chi connectivity index (χ1v) is 8.70. The maximum absolute atomic E-state index is 12.2. The summed E-state index contributed by atoms with van der Waals surface area (Å²) >= 11 is 0. The molecule has 1 aromatic heterocycles. The summed E-state index contributed by atoms with van der Waals surface area (Å²) in [6.07, 6.45) is 2.33. The summed E-state index contributed by atoms with van der Waals surface area (Å²) in [7, 11) is 3.58. The van der Waals surface area contributed by atoms with E-state index >= 15 is 0 Å². The number of carbonyl (C=O) groups is 1. The largest absolute Gasteiger partial charge is 0.493 e. The third-order valence-electron chi connectivity index (χ3n) is 4.20. The molecule has 1 amide bonds. The van der Waals surface area contributed by atoms with Crippen molar-refractivity contribution in [3.63, 3.8) is 0 Å². The Morgan fingerprint density at radius 3 is 2.63 bits per heavy atom. The van der Waals surface area contributed by atoms with Gasteiger partial charge >= 0.3 is 0 Å². The Morgan fingerprint density at radius 1 is 1.07 bits per heavy atom. The topological polar surface area (TPSA) is 52.5 Å². The van der Waals surface area contributed by atoms with E-state index in [0.29, 0.717) is 24.5 Å². The number of para-hydroxylation sites is 3. The van der Waals surface area contributed by atoms with Gasteiger partial charge in [-0.15, -0.1) is 0 Å². The Labute approximate surface area is 158 Å². The highest BCUT2D eigenvalue weighted by molar-refractivity contribution is 5.89. The Kier molecular flexibility index (Phi) is 6.01. The first kappa shape index (κ1) is 18.4. The summed E-state index contributed by atoms with van der Waals surface area (Å²) in [4.78, 5) is 12.2. The van der Waals surface area contributed by atoms with E-state index in [-0.39, 0.29) is 12.5 Å². The lowest BCUT2D eigenvalue weighted by Crippen LogP contribution is -2.25. The maximum Gasteiger partial charge on any atom is 0.225 e. The molecule has 0 radical (unpaired) electrons. The quantitative estimate of drug-likeness (QED) is 0.686. The van der Waals surface area contributed by atoms with Crippen molar-refractivity contribution in [2.45, 2.75) is 6.42 Å². The minimum atomic E-state index is -0.0497. The van der Waals surface area contributed by atoms with Gasteiger partial charge in [0, 0.05) is 24.1 Å². The molecule has 0 atom stereocenters. The number of hydrogen-bond donors (Lipinski definition) is 1. The van der Waals surface area contributed by atoms with Gasteiger partial charge in [-0.1, -0.05) is 42.2 Å². The fourth-order valence-electron chi connectivity index (χ4n) is 2.91. The summed E-state index contributed by atoms with van der Waals surface area (Å²) in [5.41, 5.74) is 2.13. The number of rotatable bonds is 6. The molecule has 1 heterocycles. The zero-order chi connectivity index (χ0) is 19.1. The van der Waals surface area contributed by atoms with E-state index in [0.717, 1.165) is 16.5 Å². The molecule has 0 spiro atoms. The molecule has 0 fully saturated rings. The highest BCUT2D eigenvalue weighted by atomic mass is 16.5. The van der Waals surface area contributed by atoms with Gasteiger partial charge in [0.25, 0.3) is 0 Å². The molecular weight excluding hydrogens is 340 g/mol.